The average molecular weight is 370 g/mol. The van der Waals surface area contributed by atoms with Gasteiger partial charge in [0.15, 0.2) is 0 Å². The standard InChI is InChI=1S/C14H16BrF4NO/c1-12(2)14(18,19)13(3,20-4-5-21-12)8-6-9(15)11(17)7-10(8)16/h6-7,20H,4-5H2,1-3H3/t13-/m1/s1. The van der Waals surface area contributed by atoms with Gasteiger partial charge >= 0.3 is 0 Å². The fraction of sp³-hybridized carbons (Fsp3) is 0.571. The van der Waals surface area contributed by atoms with Gasteiger partial charge in [-0.1, -0.05) is 0 Å². The lowest BCUT2D eigenvalue weighted by molar-refractivity contribution is -0.216. The van der Waals surface area contributed by atoms with Crippen LogP contribution < -0.4 is 5.32 Å². The number of benzene rings is 1. The Hall–Kier alpha value is -0.660. The lowest BCUT2D eigenvalue weighted by Crippen LogP contribution is -2.62. The van der Waals surface area contributed by atoms with Gasteiger partial charge in [0, 0.05) is 18.2 Å². The lowest BCUT2D eigenvalue weighted by atomic mass is 9.78. The second-order valence-corrected chi connectivity index (χ2v) is 6.59. The van der Waals surface area contributed by atoms with Crippen LogP contribution in [0.15, 0.2) is 16.6 Å². The zero-order valence-electron chi connectivity index (χ0n) is 11.9. The van der Waals surface area contributed by atoms with Crippen LogP contribution in [-0.4, -0.2) is 24.7 Å². The predicted octanol–water partition coefficient (Wildman–Crippen LogP) is 3.98. The van der Waals surface area contributed by atoms with E-state index in [1.54, 1.807) is 0 Å². The molecule has 1 saturated heterocycles. The molecule has 118 valence electrons. The Bertz CT molecular complexity index is 564. The smallest absolute Gasteiger partial charge is 0.297 e. The van der Waals surface area contributed by atoms with Crippen LogP contribution in [0.2, 0.25) is 0 Å². The molecule has 1 aromatic carbocycles. The Morgan fingerprint density at radius 3 is 2.38 bits per heavy atom. The third-order valence-corrected chi connectivity index (χ3v) is 4.58. The van der Waals surface area contributed by atoms with Crippen LogP contribution in [0.25, 0.3) is 0 Å². The molecule has 0 unspecified atom stereocenters. The minimum absolute atomic E-state index is 0.0688. The van der Waals surface area contributed by atoms with E-state index >= 15 is 0 Å². The quantitative estimate of drug-likeness (QED) is 0.597. The highest BCUT2D eigenvalue weighted by Gasteiger charge is 2.63. The van der Waals surface area contributed by atoms with Crippen LogP contribution in [0.5, 0.6) is 0 Å². The summed E-state index contributed by atoms with van der Waals surface area (Å²) in [5.41, 5.74) is -4.12. The molecule has 21 heavy (non-hydrogen) atoms. The minimum atomic E-state index is -3.42. The Morgan fingerprint density at radius 2 is 1.76 bits per heavy atom. The van der Waals surface area contributed by atoms with Crippen LogP contribution in [0, 0.1) is 11.6 Å². The topological polar surface area (TPSA) is 21.3 Å². The summed E-state index contributed by atoms with van der Waals surface area (Å²) in [4.78, 5) is 0. The average Bonchev–Trinajstić information content (AvgIpc) is 2.44. The summed E-state index contributed by atoms with van der Waals surface area (Å²) < 4.78 is 62.4. The van der Waals surface area contributed by atoms with Crippen molar-refractivity contribution >= 4 is 15.9 Å². The van der Waals surface area contributed by atoms with Gasteiger partial charge in [0.05, 0.1) is 11.1 Å². The molecular weight excluding hydrogens is 354 g/mol. The molecule has 1 aromatic rings. The summed E-state index contributed by atoms with van der Waals surface area (Å²) in [6.07, 6.45) is 0. The first-order valence-electron chi connectivity index (χ1n) is 6.45. The summed E-state index contributed by atoms with van der Waals surface area (Å²) in [7, 11) is 0. The molecule has 0 aromatic heterocycles. The van der Waals surface area contributed by atoms with Gasteiger partial charge in [-0.2, -0.15) is 0 Å². The molecule has 1 aliphatic rings. The first-order chi connectivity index (χ1) is 9.53. The second-order valence-electron chi connectivity index (χ2n) is 5.73. The van der Waals surface area contributed by atoms with Crippen molar-refractivity contribution in [2.45, 2.75) is 37.8 Å². The molecule has 0 radical (unpaired) electrons. The van der Waals surface area contributed by atoms with Gasteiger partial charge in [0.2, 0.25) is 0 Å². The van der Waals surface area contributed by atoms with Gasteiger partial charge in [-0.05, 0) is 42.8 Å². The summed E-state index contributed by atoms with van der Waals surface area (Å²) >= 11 is 2.91. The van der Waals surface area contributed by atoms with Crippen molar-refractivity contribution in [1.29, 1.82) is 0 Å². The van der Waals surface area contributed by atoms with Crippen molar-refractivity contribution in [2.24, 2.45) is 0 Å². The molecule has 0 amide bonds. The number of halogens is 5. The van der Waals surface area contributed by atoms with E-state index in [4.69, 9.17) is 4.74 Å². The number of ether oxygens (including phenoxy) is 1. The molecule has 1 atom stereocenters. The van der Waals surface area contributed by atoms with Gasteiger partial charge in [-0.3, -0.25) is 0 Å². The summed E-state index contributed by atoms with van der Waals surface area (Å²) in [6.45, 7) is 3.92. The van der Waals surface area contributed by atoms with Crippen LogP contribution >= 0.6 is 15.9 Å². The highest BCUT2D eigenvalue weighted by molar-refractivity contribution is 9.10. The second kappa shape index (κ2) is 5.21. The predicted molar refractivity (Wildman–Crippen MR) is 74.4 cm³/mol. The van der Waals surface area contributed by atoms with Crippen LogP contribution in [0.3, 0.4) is 0 Å². The fourth-order valence-corrected chi connectivity index (χ4v) is 2.92. The van der Waals surface area contributed by atoms with E-state index in [2.05, 4.69) is 21.2 Å². The van der Waals surface area contributed by atoms with Gasteiger partial charge in [0.1, 0.15) is 22.8 Å². The third kappa shape index (κ3) is 2.49. The first kappa shape index (κ1) is 16.7. The van der Waals surface area contributed by atoms with Gasteiger partial charge in [-0.25, -0.2) is 17.6 Å². The number of rotatable bonds is 1. The third-order valence-electron chi connectivity index (χ3n) is 3.98. The maximum atomic E-state index is 14.9. The minimum Gasteiger partial charge on any atom is -0.368 e. The van der Waals surface area contributed by atoms with E-state index in [-0.39, 0.29) is 23.2 Å². The Balaban J connectivity index is 2.66. The highest BCUT2D eigenvalue weighted by Crippen LogP contribution is 2.48. The van der Waals surface area contributed by atoms with Crippen LogP contribution in [0.4, 0.5) is 17.6 Å². The fourth-order valence-electron chi connectivity index (χ4n) is 2.58. The lowest BCUT2D eigenvalue weighted by Gasteiger charge is -2.44. The van der Waals surface area contributed by atoms with Crippen LogP contribution in [0.1, 0.15) is 26.3 Å². The number of alkyl halides is 2. The summed E-state index contributed by atoms with van der Waals surface area (Å²) in [6, 6.07) is 1.65. The van der Waals surface area contributed by atoms with Crippen molar-refractivity contribution in [3.05, 3.63) is 33.8 Å². The SMILES string of the molecule is CC1(C)OCCN[C@](C)(c2cc(Br)c(F)cc2F)C1(F)F. The molecule has 0 aliphatic carbocycles. The van der Waals surface area contributed by atoms with E-state index in [1.165, 1.54) is 20.8 Å². The Morgan fingerprint density at radius 1 is 1.14 bits per heavy atom. The maximum Gasteiger partial charge on any atom is 0.297 e. The molecule has 0 bridgehead atoms. The molecule has 0 spiro atoms. The maximum absolute atomic E-state index is 14.9. The number of hydrogen-bond donors (Lipinski definition) is 1. The molecule has 1 N–H and O–H groups in total. The van der Waals surface area contributed by atoms with E-state index in [9.17, 15) is 17.6 Å². The van der Waals surface area contributed by atoms with E-state index in [0.29, 0.717) is 6.07 Å². The summed E-state index contributed by atoms with van der Waals surface area (Å²) in [5, 5.41) is 2.65. The van der Waals surface area contributed by atoms with Gasteiger partial charge < -0.3 is 10.1 Å². The number of nitrogens with one attached hydrogen (secondary N) is 1. The van der Waals surface area contributed by atoms with Crippen molar-refractivity contribution in [1.82, 2.24) is 5.32 Å². The molecule has 1 aliphatic heterocycles. The highest BCUT2D eigenvalue weighted by atomic mass is 79.9. The first-order valence-corrected chi connectivity index (χ1v) is 7.24. The largest absolute Gasteiger partial charge is 0.368 e. The Kier molecular flexibility index (Phi) is 4.14. The van der Waals surface area contributed by atoms with E-state index in [0.717, 1.165) is 6.07 Å². The van der Waals surface area contributed by atoms with Crippen molar-refractivity contribution < 1.29 is 22.3 Å². The van der Waals surface area contributed by atoms with Gasteiger partial charge in [0.25, 0.3) is 5.92 Å². The molecule has 1 fully saturated rings. The molecule has 1 heterocycles. The zero-order chi connectivity index (χ0) is 16.1. The van der Waals surface area contributed by atoms with Gasteiger partial charge in [-0.15, -0.1) is 0 Å². The number of hydrogen-bond acceptors (Lipinski definition) is 2. The van der Waals surface area contributed by atoms with E-state index in [1.807, 2.05) is 0 Å². The van der Waals surface area contributed by atoms with Crippen molar-refractivity contribution in [3.8, 4) is 0 Å². The molecule has 0 saturated carbocycles. The molecular formula is C14H16BrF4NO. The molecule has 2 nitrogen and oxygen atoms in total. The summed E-state index contributed by atoms with van der Waals surface area (Å²) in [5.74, 6) is -5.29. The normalized spacial score (nSPS) is 28.2. The molecule has 2 rings (SSSR count). The van der Waals surface area contributed by atoms with Crippen molar-refractivity contribution in [2.75, 3.05) is 13.2 Å². The monoisotopic (exact) mass is 369 g/mol. The Labute approximate surface area is 129 Å². The van der Waals surface area contributed by atoms with Crippen molar-refractivity contribution in [3.63, 3.8) is 0 Å². The zero-order valence-corrected chi connectivity index (χ0v) is 13.5. The van der Waals surface area contributed by atoms with Crippen LogP contribution in [-0.2, 0) is 10.3 Å². The van der Waals surface area contributed by atoms with E-state index < -0.39 is 28.7 Å². The molecule has 7 heteroatoms.